The third-order valence-electron chi connectivity index (χ3n) is 6.56. The van der Waals surface area contributed by atoms with Crippen LogP contribution in [0.5, 0.6) is 0 Å². The quantitative estimate of drug-likeness (QED) is 0.464. The standard InChI is InChI=1S/C21H26N4O5/c1-20(2,30)21(10-23-11-21)9-22-8-12-4-3-5-13-16(12)19(29)25(18(13)28)14-6-7-15(26)24-17(14)27/h3-5,14,22-23,30H,6-11H2,1-2H3,(H,24,26,27). The van der Waals surface area contributed by atoms with Crippen LogP contribution in [0.25, 0.3) is 0 Å². The largest absolute Gasteiger partial charge is 0.390 e. The number of carbonyl (C=O) groups excluding carboxylic acids is 4. The van der Waals surface area contributed by atoms with Crippen LogP contribution >= 0.6 is 0 Å². The minimum absolute atomic E-state index is 0.0886. The van der Waals surface area contributed by atoms with Crippen molar-refractivity contribution >= 4 is 23.6 Å². The van der Waals surface area contributed by atoms with Crippen LogP contribution in [-0.2, 0) is 16.1 Å². The number of carbonyl (C=O) groups is 4. The van der Waals surface area contributed by atoms with E-state index in [-0.39, 0.29) is 23.8 Å². The van der Waals surface area contributed by atoms with Crippen LogP contribution < -0.4 is 16.0 Å². The van der Waals surface area contributed by atoms with Gasteiger partial charge in [-0.05, 0) is 31.9 Å². The lowest BCUT2D eigenvalue weighted by atomic mass is 9.69. The minimum Gasteiger partial charge on any atom is -0.390 e. The Balaban J connectivity index is 1.52. The predicted octanol–water partition coefficient (Wildman–Crippen LogP) is -0.462. The summed E-state index contributed by atoms with van der Waals surface area (Å²) in [5.74, 6) is -2.04. The highest BCUT2D eigenvalue weighted by atomic mass is 16.3. The number of fused-ring (bicyclic) bond motifs is 1. The molecule has 1 unspecified atom stereocenters. The molecule has 0 radical (unpaired) electrons. The van der Waals surface area contributed by atoms with E-state index in [9.17, 15) is 24.3 Å². The smallest absolute Gasteiger partial charge is 0.262 e. The highest BCUT2D eigenvalue weighted by Gasteiger charge is 2.49. The molecule has 0 bridgehead atoms. The summed E-state index contributed by atoms with van der Waals surface area (Å²) < 4.78 is 0. The minimum atomic E-state index is -0.976. The summed E-state index contributed by atoms with van der Waals surface area (Å²) in [5, 5.41) is 19.2. The Morgan fingerprint density at radius 2 is 1.93 bits per heavy atom. The summed E-state index contributed by atoms with van der Waals surface area (Å²) in [6.07, 6.45) is 0.218. The van der Waals surface area contributed by atoms with E-state index in [1.807, 2.05) is 0 Å². The van der Waals surface area contributed by atoms with Gasteiger partial charge in [0, 0.05) is 38.0 Å². The van der Waals surface area contributed by atoms with Crippen molar-refractivity contribution in [2.45, 2.75) is 44.9 Å². The molecule has 0 spiro atoms. The van der Waals surface area contributed by atoms with Crippen molar-refractivity contribution in [3.63, 3.8) is 0 Å². The van der Waals surface area contributed by atoms with Crippen LogP contribution in [0.15, 0.2) is 18.2 Å². The van der Waals surface area contributed by atoms with Crippen LogP contribution in [0.1, 0.15) is 53.0 Å². The number of benzene rings is 1. The van der Waals surface area contributed by atoms with E-state index in [2.05, 4.69) is 16.0 Å². The van der Waals surface area contributed by atoms with Gasteiger partial charge in [0.15, 0.2) is 0 Å². The molecule has 1 aromatic carbocycles. The van der Waals surface area contributed by atoms with Crippen LogP contribution in [0.4, 0.5) is 0 Å². The molecule has 30 heavy (non-hydrogen) atoms. The summed E-state index contributed by atoms with van der Waals surface area (Å²) >= 11 is 0. The van der Waals surface area contributed by atoms with Gasteiger partial charge >= 0.3 is 0 Å². The van der Waals surface area contributed by atoms with Crippen LogP contribution in [0, 0.1) is 5.41 Å². The van der Waals surface area contributed by atoms with Gasteiger partial charge in [0.25, 0.3) is 11.8 Å². The van der Waals surface area contributed by atoms with E-state index in [0.717, 1.165) is 4.90 Å². The number of nitrogens with one attached hydrogen (secondary N) is 3. The first kappa shape index (κ1) is 20.6. The summed E-state index contributed by atoms with van der Waals surface area (Å²) in [5.41, 5.74) is 0.0657. The first-order valence-corrected chi connectivity index (χ1v) is 10.1. The Kier molecular flexibility index (Phi) is 5.00. The van der Waals surface area contributed by atoms with Crippen LogP contribution in [0.2, 0.25) is 0 Å². The van der Waals surface area contributed by atoms with Crippen molar-refractivity contribution < 1.29 is 24.3 Å². The lowest BCUT2D eigenvalue weighted by molar-refractivity contribution is -0.136. The van der Waals surface area contributed by atoms with Crippen LogP contribution in [-0.4, -0.2) is 64.9 Å². The summed E-state index contributed by atoms with van der Waals surface area (Å²) in [6.45, 7) is 5.86. The van der Waals surface area contributed by atoms with E-state index < -0.39 is 35.3 Å². The molecule has 1 aromatic rings. The lowest BCUT2D eigenvalue weighted by Crippen LogP contribution is -2.67. The first-order valence-electron chi connectivity index (χ1n) is 10.1. The van der Waals surface area contributed by atoms with E-state index in [1.165, 1.54) is 0 Å². The van der Waals surface area contributed by atoms with Crippen molar-refractivity contribution in [2.75, 3.05) is 19.6 Å². The maximum absolute atomic E-state index is 13.1. The third kappa shape index (κ3) is 3.23. The molecule has 1 atom stereocenters. The van der Waals surface area contributed by atoms with Crippen molar-refractivity contribution in [2.24, 2.45) is 5.41 Å². The van der Waals surface area contributed by atoms with E-state index in [1.54, 1.807) is 32.0 Å². The molecule has 3 heterocycles. The molecule has 4 rings (SSSR count). The van der Waals surface area contributed by atoms with Gasteiger partial charge in [-0.25, -0.2) is 0 Å². The maximum Gasteiger partial charge on any atom is 0.262 e. The van der Waals surface area contributed by atoms with E-state index in [4.69, 9.17) is 0 Å². The fourth-order valence-corrected chi connectivity index (χ4v) is 4.37. The second-order valence-corrected chi connectivity index (χ2v) is 8.83. The molecule has 9 nitrogen and oxygen atoms in total. The fourth-order valence-electron chi connectivity index (χ4n) is 4.37. The fraction of sp³-hybridized carbons (Fsp3) is 0.524. The molecule has 4 N–H and O–H groups in total. The van der Waals surface area contributed by atoms with Gasteiger partial charge in [0.1, 0.15) is 6.04 Å². The molecule has 160 valence electrons. The number of hydrogen-bond acceptors (Lipinski definition) is 7. The summed E-state index contributed by atoms with van der Waals surface area (Å²) in [7, 11) is 0. The number of rotatable bonds is 6. The van der Waals surface area contributed by atoms with Gasteiger partial charge in [-0.3, -0.25) is 29.4 Å². The average Bonchev–Trinajstić information content (AvgIpc) is 2.88. The number of imide groups is 2. The molecule has 3 aliphatic rings. The topological polar surface area (TPSA) is 128 Å². The molecule has 0 aromatic heterocycles. The van der Waals surface area contributed by atoms with Gasteiger partial charge in [0.05, 0.1) is 16.7 Å². The Morgan fingerprint density at radius 1 is 1.20 bits per heavy atom. The van der Waals surface area contributed by atoms with E-state index in [0.29, 0.717) is 37.3 Å². The Morgan fingerprint density at radius 3 is 2.53 bits per heavy atom. The molecule has 3 aliphatic heterocycles. The van der Waals surface area contributed by atoms with Crippen molar-refractivity contribution in [3.8, 4) is 0 Å². The summed E-state index contributed by atoms with van der Waals surface area (Å²) in [4.78, 5) is 50.6. The van der Waals surface area contributed by atoms with Gasteiger partial charge < -0.3 is 15.7 Å². The van der Waals surface area contributed by atoms with Gasteiger partial charge in [-0.1, -0.05) is 12.1 Å². The zero-order valence-corrected chi connectivity index (χ0v) is 17.1. The van der Waals surface area contributed by atoms with Crippen molar-refractivity contribution in [1.29, 1.82) is 0 Å². The zero-order valence-electron chi connectivity index (χ0n) is 17.1. The zero-order chi connectivity index (χ0) is 21.7. The number of amides is 4. The molecule has 4 amide bonds. The number of nitrogens with zero attached hydrogens (tertiary/aromatic N) is 1. The second-order valence-electron chi connectivity index (χ2n) is 8.83. The summed E-state index contributed by atoms with van der Waals surface area (Å²) in [6, 6.07) is 4.10. The molecule has 0 aliphatic carbocycles. The normalized spacial score (nSPS) is 23.3. The van der Waals surface area contributed by atoms with Crippen LogP contribution in [0.3, 0.4) is 0 Å². The Labute approximate surface area is 174 Å². The number of hydrogen-bond donors (Lipinski definition) is 4. The average molecular weight is 414 g/mol. The Bertz CT molecular complexity index is 932. The highest BCUT2D eigenvalue weighted by Crippen LogP contribution is 2.35. The Hall–Kier alpha value is -2.62. The molecule has 2 saturated heterocycles. The van der Waals surface area contributed by atoms with Gasteiger partial charge in [-0.15, -0.1) is 0 Å². The molecule has 2 fully saturated rings. The van der Waals surface area contributed by atoms with Gasteiger partial charge in [-0.2, -0.15) is 0 Å². The third-order valence-corrected chi connectivity index (χ3v) is 6.56. The molecular weight excluding hydrogens is 388 g/mol. The maximum atomic E-state index is 13.1. The van der Waals surface area contributed by atoms with Gasteiger partial charge in [0.2, 0.25) is 11.8 Å². The SMILES string of the molecule is CC(C)(O)C1(CNCc2cccc3c2C(=O)N(C2CCC(=O)NC2=O)C3=O)CNC1. The van der Waals surface area contributed by atoms with E-state index >= 15 is 0 Å². The first-order chi connectivity index (χ1) is 14.1. The lowest BCUT2D eigenvalue weighted by Gasteiger charge is -2.51. The van der Waals surface area contributed by atoms with Crippen molar-refractivity contribution in [1.82, 2.24) is 20.9 Å². The van der Waals surface area contributed by atoms with Crippen molar-refractivity contribution in [3.05, 3.63) is 34.9 Å². The molecule has 0 saturated carbocycles. The molecular formula is C21H26N4O5. The molecule has 9 heteroatoms. The number of aliphatic hydroxyl groups is 1. The highest BCUT2D eigenvalue weighted by molar-refractivity contribution is 6.24. The predicted molar refractivity (Wildman–Crippen MR) is 106 cm³/mol. The second kappa shape index (κ2) is 7.26. The number of piperidine rings is 1. The monoisotopic (exact) mass is 414 g/mol.